The first-order valence-corrected chi connectivity index (χ1v) is 9.60. The molecule has 132 valence electrons. The molecule has 0 aliphatic carbocycles. The number of rotatable bonds is 7. The van der Waals surface area contributed by atoms with Crippen molar-refractivity contribution in [2.24, 2.45) is 11.5 Å². The van der Waals surface area contributed by atoms with Gasteiger partial charge in [0.05, 0.1) is 0 Å². The molecule has 24 heavy (non-hydrogen) atoms. The van der Waals surface area contributed by atoms with E-state index in [4.69, 9.17) is 26.0 Å². The van der Waals surface area contributed by atoms with Crippen LogP contribution >= 0.6 is 7.87 Å². The molecule has 1 saturated heterocycles. The molecule has 1 aliphatic heterocycles. The first-order chi connectivity index (χ1) is 11.3. The minimum atomic E-state index is -3.07. The maximum atomic E-state index is 11.1. The molecule has 6 N–H and O–H groups in total. The van der Waals surface area contributed by atoms with Crippen LogP contribution in [0.2, 0.25) is 0 Å². The topological polar surface area (TPSA) is 161 Å². The van der Waals surface area contributed by atoms with Gasteiger partial charge in [0.1, 0.15) is 0 Å². The fraction of sp³-hybridized carbons (Fsp3) is 0.462. The standard InChI is InChI=1S/C13H21N6O4P/c1-24(21,19-5-4-17-8-19)22-7-9-2-3-11(23-9)18-12(15)10(6-14)13(16)20/h4-5,8-9,11,18,21,24H,2-3,7,15H2,1H3,(H2,16,20)/b12-10+/t9-,11+/m0/s1. The molecule has 1 aromatic rings. The number of carbonyl (C=O) groups excluding carboxylic acids is 1. The Balaban J connectivity index is 1.86. The Kier molecular flexibility index (Phi) is 5.75. The number of aromatic nitrogens is 2. The van der Waals surface area contributed by atoms with E-state index in [1.54, 1.807) is 29.5 Å². The van der Waals surface area contributed by atoms with Crippen molar-refractivity contribution >= 4 is 13.8 Å². The van der Waals surface area contributed by atoms with Crippen molar-refractivity contribution in [3.8, 4) is 6.07 Å². The molecule has 11 heteroatoms. The SMILES string of the molecule is C[PH](O)(OC[C@@H]1CC[C@H](N/C(N)=C(\C#N)C(N)=O)O1)n1ccnc1. The molecule has 2 rings (SSSR count). The van der Waals surface area contributed by atoms with Crippen LogP contribution in [0, 0.1) is 11.3 Å². The number of nitrogens with two attached hydrogens (primary N) is 2. The van der Waals surface area contributed by atoms with E-state index in [2.05, 4.69) is 10.3 Å². The van der Waals surface area contributed by atoms with Crippen molar-refractivity contribution in [2.45, 2.75) is 25.2 Å². The van der Waals surface area contributed by atoms with Gasteiger partial charge < -0.3 is 0 Å². The van der Waals surface area contributed by atoms with Crippen molar-refractivity contribution < 1.29 is 18.9 Å². The average Bonchev–Trinajstić information content (AvgIpc) is 3.17. The van der Waals surface area contributed by atoms with Crippen LogP contribution in [0.5, 0.6) is 0 Å². The number of primary amides is 1. The normalized spacial score (nSPS) is 22.5. The summed E-state index contributed by atoms with van der Waals surface area (Å²) in [5.41, 5.74) is 10.4. The van der Waals surface area contributed by atoms with Crippen molar-refractivity contribution in [1.29, 1.82) is 5.26 Å². The molecule has 0 radical (unpaired) electrons. The molecule has 1 aromatic heterocycles. The van der Waals surface area contributed by atoms with Crippen LogP contribution in [-0.2, 0) is 14.1 Å². The van der Waals surface area contributed by atoms with Crippen LogP contribution in [0.4, 0.5) is 0 Å². The molecular weight excluding hydrogens is 335 g/mol. The first-order valence-electron chi connectivity index (χ1n) is 7.30. The van der Waals surface area contributed by atoms with E-state index in [0.717, 1.165) is 0 Å². The van der Waals surface area contributed by atoms with E-state index >= 15 is 0 Å². The third-order valence-corrected chi connectivity index (χ3v) is 5.51. The molecule has 0 saturated carbocycles. The van der Waals surface area contributed by atoms with Gasteiger partial charge in [-0.3, -0.25) is 0 Å². The number of nitrogens with zero attached hydrogens (tertiary/aromatic N) is 3. The predicted molar refractivity (Wildman–Crippen MR) is 87.1 cm³/mol. The molecule has 1 aliphatic rings. The van der Waals surface area contributed by atoms with Crippen molar-refractivity contribution in [3.63, 3.8) is 0 Å². The van der Waals surface area contributed by atoms with Crippen LogP contribution in [-0.4, -0.2) is 45.7 Å². The second-order valence-corrected chi connectivity index (χ2v) is 8.12. The second-order valence-electron chi connectivity index (χ2n) is 5.45. The van der Waals surface area contributed by atoms with Gasteiger partial charge in [-0.2, -0.15) is 0 Å². The minimum absolute atomic E-state index is 0.114. The summed E-state index contributed by atoms with van der Waals surface area (Å²) >= 11 is 0. The van der Waals surface area contributed by atoms with Crippen LogP contribution in [0.15, 0.2) is 30.1 Å². The number of nitriles is 1. The zero-order valence-electron chi connectivity index (χ0n) is 13.2. The van der Waals surface area contributed by atoms with Crippen molar-refractivity contribution in [3.05, 3.63) is 30.1 Å². The van der Waals surface area contributed by atoms with Gasteiger partial charge >= 0.3 is 139 Å². The Hall–Kier alpha value is -2.18. The van der Waals surface area contributed by atoms with Gasteiger partial charge in [-0.25, -0.2) is 0 Å². The van der Waals surface area contributed by atoms with Crippen molar-refractivity contribution in [2.75, 3.05) is 13.3 Å². The fourth-order valence-electron chi connectivity index (χ4n) is 2.26. The number of nitrogens with one attached hydrogen (secondary N) is 1. The number of hydrogen-bond donors (Lipinski definition) is 4. The molecule has 2 heterocycles. The molecule has 10 nitrogen and oxygen atoms in total. The van der Waals surface area contributed by atoms with Gasteiger partial charge in [0.2, 0.25) is 0 Å². The van der Waals surface area contributed by atoms with Gasteiger partial charge in [0, 0.05) is 0 Å². The molecule has 1 fully saturated rings. The molecule has 2 atom stereocenters. The van der Waals surface area contributed by atoms with Gasteiger partial charge in [-0.15, -0.1) is 0 Å². The van der Waals surface area contributed by atoms with E-state index < -0.39 is 20.0 Å². The Morgan fingerprint density at radius 1 is 1.62 bits per heavy atom. The van der Waals surface area contributed by atoms with E-state index in [-0.39, 0.29) is 24.1 Å². The van der Waals surface area contributed by atoms with Gasteiger partial charge in [-0.1, -0.05) is 0 Å². The van der Waals surface area contributed by atoms with E-state index in [1.807, 2.05) is 0 Å². The maximum absolute atomic E-state index is 11.1. The Morgan fingerprint density at radius 2 is 2.38 bits per heavy atom. The number of imidazole rings is 1. The summed E-state index contributed by atoms with van der Waals surface area (Å²) < 4.78 is 12.9. The summed E-state index contributed by atoms with van der Waals surface area (Å²) in [6.45, 7) is 1.84. The molecule has 1 amide bonds. The monoisotopic (exact) mass is 356 g/mol. The number of ether oxygens (including phenoxy) is 1. The third-order valence-electron chi connectivity index (χ3n) is 3.58. The summed E-state index contributed by atoms with van der Waals surface area (Å²) in [5.74, 6) is -1.01. The van der Waals surface area contributed by atoms with Gasteiger partial charge in [-0.05, 0) is 0 Å². The molecule has 0 aromatic carbocycles. The summed E-state index contributed by atoms with van der Waals surface area (Å²) in [6.07, 6.45) is 5.31. The van der Waals surface area contributed by atoms with Crippen LogP contribution in [0.3, 0.4) is 0 Å². The average molecular weight is 356 g/mol. The summed E-state index contributed by atoms with van der Waals surface area (Å²) in [4.78, 5) is 25.3. The first kappa shape index (κ1) is 18.2. The van der Waals surface area contributed by atoms with Crippen LogP contribution in [0.25, 0.3) is 0 Å². The Labute approximate surface area is 139 Å². The Bertz CT molecular complexity index is 654. The van der Waals surface area contributed by atoms with Gasteiger partial charge in [0.25, 0.3) is 0 Å². The fourth-order valence-corrected chi connectivity index (χ4v) is 3.53. The molecular formula is C13H21N6O4P. The van der Waals surface area contributed by atoms with E-state index in [0.29, 0.717) is 12.8 Å². The third kappa shape index (κ3) is 4.43. The predicted octanol–water partition coefficient (Wildman–Crippen LogP) is -0.861. The summed E-state index contributed by atoms with van der Waals surface area (Å²) in [7, 11) is -3.07. The van der Waals surface area contributed by atoms with E-state index in [1.165, 1.54) is 6.33 Å². The van der Waals surface area contributed by atoms with Crippen molar-refractivity contribution in [1.82, 2.24) is 14.6 Å². The van der Waals surface area contributed by atoms with Crippen LogP contribution < -0.4 is 16.8 Å². The summed E-state index contributed by atoms with van der Waals surface area (Å²) in [5, 5.41) is 11.6. The quantitative estimate of drug-likeness (QED) is 0.279. The molecule has 0 bridgehead atoms. The molecule has 0 unspecified atom stereocenters. The number of amides is 1. The molecule has 0 spiro atoms. The number of hydrogen-bond acceptors (Lipinski definition) is 8. The van der Waals surface area contributed by atoms with E-state index in [9.17, 15) is 9.69 Å². The Morgan fingerprint density at radius 3 is 2.96 bits per heavy atom. The van der Waals surface area contributed by atoms with Crippen LogP contribution in [0.1, 0.15) is 12.8 Å². The summed E-state index contributed by atoms with van der Waals surface area (Å²) in [6, 6.07) is 1.65. The zero-order chi connectivity index (χ0) is 17.7. The van der Waals surface area contributed by atoms with Gasteiger partial charge in [0.15, 0.2) is 0 Å². The second kappa shape index (κ2) is 7.59. The zero-order valence-corrected chi connectivity index (χ0v) is 14.2. The number of carbonyl (C=O) groups is 1.